The van der Waals surface area contributed by atoms with E-state index in [1.807, 2.05) is 13.1 Å². The van der Waals surface area contributed by atoms with Crippen LogP contribution < -0.4 is 15.5 Å². The van der Waals surface area contributed by atoms with Crippen LogP contribution in [0.15, 0.2) is 66.9 Å². The van der Waals surface area contributed by atoms with Crippen LogP contribution >= 0.6 is 0 Å². The first-order chi connectivity index (χ1) is 26.9. The molecule has 0 saturated carbocycles. The number of carbonyl (C=O) groups is 2. The van der Waals surface area contributed by atoms with Crippen LogP contribution in [0.3, 0.4) is 0 Å². The number of amides is 3. The van der Waals surface area contributed by atoms with Gasteiger partial charge in [-0.3, -0.25) is 29.6 Å². The lowest BCUT2D eigenvalue weighted by Crippen LogP contribution is -2.49. The van der Waals surface area contributed by atoms with E-state index >= 15 is 8.78 Å². The molecule has 0 spiro atoms. The predicted octanol–water partition coefficient (Wildman–Crippen LogP) is 8.10. The number of nitrogens with zero attached hydrogens (tertiary/aromatic N) is 7. The Morgan fingerprint density at radius 2 is 1.73 bits per heavy atom. The van der Waals surface area contributed by atoms with Gasteiger partial charge in [0.25, 0.3) is 6.43 Å². The highest BCUT2D eigenvalue weighted by Crippen LogP contribution is 2.35. The SMILES string of the molecule is Cc1nc(NC(C)c2cccc(C(F)F)c2F)c2cc(-c3ccc(F)c(CN4CCC(c5ccc6c(N7CCC(=O)NC7=O)nn(C)c6c5)CC4)c3)ncc2n1. The van der Waals surface area contributed by atoms with Crippen LogP contribution in [0.4, 0.5) is 34.0 Å². The van der Waals surface area contributed by atoms with Crippen LogP contribution in [0.25, 0.3) is 33.1 Å². The zero-order chi connectivity index (χ0) is 39.2. The summed E-state index contributed by atoms with van der Waals surface area (Å²) in [5, 5.41) is 11.6. The van der Waals surface area contributed by atoms with Crippen LogP contribution in [-0.2, 0) is 18.4 Å². The average Bonchev–Trinajstić information content (AvgIpc) is 3.50. The first-order valence-electron chi connectivity index (χ1n) is 18.5. The molecule has 1 atom stereocenters. The summed E-state index contributed by atoms with van der Waals surface area (Å²) in [7, 11) is 1.84. The second kappa shape index (κ2) is 14.9. The Hall–Kier alpha value is -5.96. The lowest BCUT2D eigenvalue weighted by molar-refractivity contribution is -0.120. The van der Waals surface area contributed by atoms with Gasteiger partial charge in [-0.15, -0.1) is 0 Å². The van der Waals surface area contributed by atoms with Gasteiger partial charge in [0.2, 0.25) is 5.91 Å². The number of urea groups is 1. The molecule has 3 amide bonds. The van der Waals surface area contributed by atoms with Gasteiger partial charge >= 0.3 is 6.03 Å². The summed E-state index contributed by atoms with van der Waals surface area (Å²) < 4.78 is 58.9. The molecule has 0 aliphatic carbocycles. The second-order valence-corrected chi connectivity index (χ2v) is 14.5. The van der Waals surface area contributed by atoms with Gasteiger partial charge in [0.15, 0.2) is 5.82 Å². The highest BCUT2D eigenvalue weighted by molar-refractivity contribution is 6.08. The fraction of sp³-hybridized carbons (Fsp3) is 0.317. The van der Waals surface area contributed by atoms with Crippen LogP contribution in [-0.4, -0.2) is 61.2 Å². The van der Waals surface area contributed by atoms with Crippen molar-refractivity contribution in [3.05, 3.63) is 107 Å². The zero-order valence-corrected chi connectivity index (χ0v) is 31.0. The number of pyridine rings is 1. The molecule has 2 N–H and O–H groups in total. The number of aromatic nitrogens is 5. The molecular formula is C41H39F4N9O2. The molecule has 3 aromatic carbocycles. The fourth-order valence-corrected chi connectivity index (χ4v) is 7.77. The number of carbonyl (C=O) groups excluding carboxylic acids is 2. The molecule has 2 aliphatic rings. The number of imide groups is 1. The van der Waals surface area contributed by atoms with Crippen molar-refractivity contribution in [2.24, 2.45) is 7.05 Å². The van der Waals surface area contributed by atoms with Gasteiger partial charge in [-0.2, -0.15) is 5.10 Å². The van der Waals surface area contributed by atoms with E-state index in [0.29, 0.717) is 57.6 Å². The van der Waals surface area contributed by atoms with Crippen LogP contribution in [0.1, 0.15) is 72.6 Å². The number of halogens is 4. The lowest BCUT2D eigenvalue weighted by Gasteiger charge is -2.32. The van der Waals surface area contributed by atoms with Crippen molar-refractivity contribution in [3.8, 4) is 11.3 Å². The number of hydrogen-bond acceptors (Lipinski definition) is 8. The number of anilines is 2. The first kappa shape index (κ1) is 37.0. The summed E-state index contributed by atoms with van der Waals surface area (Å²) in [6, 6.07) is 15.7. The van der Waals surface area contributed by atoms with E-state index in [4.69, 9.17) is 0 Å². The number of likely N-dealkylation sites (tertiary alicyclic amines) is 1. The Balaban J connectivity index is 0.972. The normalized spacial score (nSPS) is 16.2. The average molecular weight is 766 g/mol. The molecule has 288 valence electrons. The highest BCUT2D eigenvalue weighted by atomic mass is 19.3. The third-order valence-electron chi connectivity index (χ3n) is 10.8. The van der Waals surface area contributed by atoms with Gasteiger partial charge in [-0.1, -0.05) is 24.3 Å². The Labute approximate surface area is 319 Å². The molecule has 2 fully saturated rings. The molecule has 0 bridgehead atoms. The monoisotopic (exact) mass is 765 g/mol. The van der Waals surface area contributed by atoms with Crippen LogP contribution in [0.2, 0.25) is 0 Å². The lowest BCUT2D eigenvalue weighted by atomic mass is 9.88. The maximum absolute atomic E-state index is 15.3. The van der Waals surface area contributed by atoms with Crippen molar-refractivity contribution in [3.63, 3.8) is 0 Å². The largest absolute Gasteiger partial charge is 0.363 e. The topological polar surface area (TPSA) is 121 Å². The molecule has 11 nitrogen and oxygen atoms in total. The van der Waals surface area contributed by atoms with Gasteiger partial charge in [-0.05, 0) is 87.7 Å². The fourth-order valence-electron chi connectivity index (χ4n) is 7.77. The number of piperidine rings is 1. The van der Waals surface area contributed by atoms with E-state index in [1.54, 1.807) is 42.9 Å². The molecule has 2 saturated heterocycles. The zero-order valence-electron chi connectivity index (χ0n) is 31.0. The van der Waals surface area contributed by atoms with Crippen molar-refractivity contribution in [2.75, 3.05) is 29.9 Å². The smallest absolute Gasteiger partial charge is 0.329 e. The Morgan fingerprint density at radius 1 is 0.946 bits per heavy atom. The molecule has 56 heavy (non-hydrogen) atoms. The quantitative estimate of drug-likeness (QED) is 0.142. The third kappa shape index (κ3) is 7.14. The standard InChI is InChI=1S/C41H39F4N9O2/c1-22(28-5-4-6-30(37(28)43)38(44)45)47-39-31-19-33(46-20-34(31)48-23(2)49-39)26-8-10-32(42)27(17-26)21-53-14-11-24(12-15-53)25-7-9-29-35(18-25)52(3)51-40(29)54-16-13-36(55)50-41(54)56/h4-10,17-20,22,24,38H,11-16,21H2,1-3H3,(H,47,48,49)(H,50,55,56). The van der Waals surface area contributed by atoms with Crippen molar-refractivity contribution in [1.29, 1.82) is 0 Å². The number of aryl methyl sites for hydroxylation is 2. The van der Waals surface area contributed by atoms with Crippen molar-refractivity contribution in [1.82, 2.24) is 34.9 Å². The van der Waals surface area contributed by atoms with E-state index < -0.39 is 29.9 Å². The minimum absolute atomic E-state index is 0.0853. The minimum Gasteiger partial charge on any atom is -0.363 e. The summed E-state index contributed by atoms with van der Waals surface area (Å²) in [4.78, 5) is 41.6. The number of rotatable bonds is 9. The Morgan fingerprint density at radius 3 is 2.50 bits per heavy atom. The maximum Gasteiger partial charge on any atom is 0.329 e. The number of nitrogens with one attached hydrogen (secondary N) is 2. The van der Waals surface area contributed by atoms with Crippen molar-refractivity contribution in [2.45, 2.75) is 58.0 Å². The summed E-state index contributed by atoms with van der Waals surface area (Å²) in [6.45, 7) is 5.62. The van der Waals surface area contributed by atoms with Crippen molar-refractivity contribution < 1.29 is 27.2 Å². The first-order valence-corrected chi connectivity index (χ1v) is 18.5. The summed E-state index contributed by atoms with van der Waals surface area (Å²) in [6.07, 6.45) is 0.646. The molecule has 8 rings (SSSR count). The molecule has 2 aliphatic heterocycles. The molecule has 15 heteroatoms. The number of alkyl halides is 2. The van der Waals surface area contributed by atoms with Gasteiger partial charge < -0.3 is 5.32 Å². The van der Waals surface area contributed by atoms with E-state index in [-0.39, 0.29) is 30.3 Å². The summed E-state index contributed by atoms with van der Waals surface area (Å²) >= 11 is 0. The maximum atomic E-state index is 15.3. The molecule has 6 aromatic rings. The van der Waals surface area contributed by atoms with Gasteiger partial charge in [0, 0.05) is 54.0 Å². The number of hydrogen-bond donors (Lipinski definition) is 2. The van der Waals surface area contributed by atoms with Crippen molar-refractivity contribution >= 4 is 45.4 Å². The second-order valence-electron chi connectivity index (χ2n) is 14.5. The third-order valence-corrected chi connectivity index (χ3v) is 10.8. The van der Waals surface area contributed by atoms with E-state index in [2.05, 4.69) is 47.7 Å². The molecular weight excluding hydrogens is 727 g/mol. The minimum atomic E-state index is -2.94. The van der Waals surface area contributed by atoms with E-state index in [0.717, 1.165) is 42.9 Å². The molecule has 3 aromatic heterocycles. The Bertz CT molecular complexity index is 2500. The van der Waals surface area contributed by atoms with Crippen LogP contribution in [0.5, 0.6) is 0 Å². The van der Waals surface area contributed by atoms with Gasteiger partial charge in [-0.25, -0.2) is 32.3 Å². The Kier molecular flexibility index (Phi) is 9.87. The number of fused-ring (bicyclic) bond motifs is 2. The van der Waals surface area contributed by atoms with Gasteiger partial charge in [0.05, 0.1) is 34.5 Å². The molecule has 0 radical (unpaired) electrons. The van der Waals surface area contributed by atoms with Gasteiger partial charge in [0.1, 0.15) is 23.3 Å². The predicted molar refractivity (Wildman–Crippen MR) is 204 cm³/mol. The summed E-state index contributed by atoms with van der Waals surface area (Å²) in [5.41, 5.74) is 3.85. The number of benzene rings is 3. The highest BCUT2D eigenvalue weighted by Gasteiger charge is 2.29. The van der Waals surface area contributed by atoms with Crippen LogP contribution in [0, 0.1) is 18.6 Å². The molecule has 1 unspecified atom stereocenters. The summed E-state index contributed by atoms with van der Waals surface area (Å²) in [5.74, 6) is 0.0951. The molecule has 5 heterocycles. The van der Waals surface area contributed by atoms with E-state index in [1.165, 1.54) is 28.7 Å². The van der Waals surface area contributed by atoms with E-state index in [9.17, 15) is 18.4 Å².